The second-order valence-electron chi connectivity index (χ2n) is 6.25. The minimum absolute atomic E-state index is 0.274. The van der Waals surface area contributed by atoms with Crippen LogP contribution in [0.2, 0.25) is 0 Å². The van der Waals surface area contributed by atoms with Gasteiger partial charge in [-0.3, -0.25) is 4.98 Å². The Bertz CT molecular complexity index is 1020. The van der Waals surface area contributed by atoms with E-state index in [-0.39, 0.29) is 12.3 Å². The Hall–Kier alpha value is -2.96. The molecule has 3 aromatic rings. The maximum absolute atomic E-state index is 12.3. The van der Waals surface area contributed by atoms with Crippen LogP contribution in [-0.2, 0) is 13.7 Å². The quantitative estimate of drug-likeness (QED) is 0.712. The highest BCUT2D eigenvalue weighted by Crippen LogP contribution is 2.41. The normalized spacial score (nSPS) is 14.4. The van der Waals surface area contributed by atoms with Crippen molar-refractivity contribution in [3.63, 3.8) is 0 Å². The van der Waals surface area contributed by atoms with Crippen LogP contribution in [-0.4, -0.2) is 24.8 Å². The first kappa shape index (κ1) is 14.4. The molecular formula is C18H19N5O2. The second kappa shape index (κ2) is 6.16. The van der Waals surface area contributed by atoms with E-state index >= 15 is 0 Å². The molecule has 0 unspecified atom stereocenters. The summed E-state index contributed by atoms with van der Waals surface area (Å²) in [5.41, 5.74) is 3.04. The second-order valence-corrected chi connectivity index (χ2v) is 6.25. The third kappa shape index (κ3) is 2.93. The van der Waals surface area contributed by atoms with Crippen LogP contribution in [0.4, 0.5) is 0 Å². The average molecular weight is 339 g/mol. The number of aryl methyl sites for hydroxylation is 2. The summed E-state index contributed by atoms with van der Waals surface area (Å²) in [5, 5.41) is 7.76. The third-order valence-corrected chi connectivity index (χ3v) is 4.37. The molecule has 1 saturated carbocycles. The summed E-state index contributed by atoms with van der Waals surface area (Å²) in [6, 6.07) is 7.46. The van der Waals surface area contributed by atoms with Crippen molar-refractivity contribution in [3.8, 4) is 11.4 Å². The van der Waals surface area contributed by atoms with Crippen LogP contribution in [0.3, 0.4) is 0 Å². The molecule has 0 saturated heterocycles. The number of nitrogens with zero attached hydrogens (tertiary/aromatic N) is 5. The van der Waals surface area contributed by atoms with E-state index in [0.717, 1.165) is 29.7 Å². The van der Waals surface area contributed by atoms with Gasteiger partial charge >= 0.3 is 5.69 Å². The molecule has 0 radical (unpaired) electrons. The molecule has 1 aromatic carbocycles. The lowest BCUT2D eigenvalue weighted by atomic mass is 10.1. The van der Waals surface area contributed by atoms with Gasteiger partial charge in [-0.2, -0.15) is 9.36 Å². The number of tetrazole rings is 1. The number of hydrogen-bond donors (Lipinski definition) is 0. The highest BCUT2D eigenvalue weighted by Gasteiger charge is 2.29. The molecule has 0 bridgehead atoms. The monoisotopic (exact) mass is 339 g/mol. The van der Waals surface area contributed by atoms with E-state index in [1.54, 1.807) is 37.5 Å². The van der Waals surface area contributed by atoms with Gasteiger partial charge in [0.2, 0.25) is 0 Å². The summed E-state index contributed by atoms with van der Waals surface area (Å²) in [6.07, 6.45) is 3.88. The fraction of sp³-hybridized carbons (Fsp3) is 0.333. The molecule has 1 fully saturated rings. The van der Waals surface area contributed by atoms with Gasteiger partial charge in [-0.1, -0.05) is 18.2 Å². The van der Waals surface area contributed by atoms with E-state index in [4.69, 9.17) is 6.11 Å². The minimum atomic E-state index is -0.311. The highest BCUT2D eigenvalue weighted by atomic mass is 16.5. The van der Waals surface area contributed by atoms with E-state index in [0.29, 0.717) is 23.4 Å². The molecule has 0 amide bonds. The zero-order valence-corrected chi connectivity index (χ0v) is 14.1. The summed E-state index contributed by atoms with van der Waals surface area (Å²) in [6.45, 7) is 2.18. The van der Waals surface area contributed by atoms with Crippen molar-refractivity contribution in [1.82, 2.24) is 24.8 Å². The van der Waals surface area contributed by atoms with Gasteiger partial charge in [-0.05, 0) is 47.9 Å². The van der Waals surface area contributed by atoms with Gasteiger partial charge in [0, 0.05) is 24.7 Å². The van der Waals surface area contributed by atoms with E-state index in [9.17, 15) is 4.79 Å². The lowest BCUT2D eigenvalue weighted by Gasteiger charge is -2.15. The van der Waals surface area contributed by atoms with Crippen molar-refractivity contribution >= 4 is 0 Å². The average Bonchev–Trinajstić information content (AvgIpc) is 3.41. The van der Waals surface area contributed by atoms with Crippen LogP contribution in [0.5, 0.6) is 5.75 Å². The van der Waals surface area contributed by atoms with Gasteiger partial charge in [-0.25, -0.2) is 4.79 Å². The molecule has 128 valence electrons. The molecular weight excluding hydrogens is 318 g/mol. The molecule has 7 nitrogen and oxygen atoms in total. The maximum Gasteiger partial charge on any atom is 0.368 e. The van der Waals surface area contributed by atoms with Crippen molar-refractivity contribution < 1.29 is 6.11 Å². The number of rotatable bonds is 5. The number of para-hydroxylation sites is 1. The molecule has 1 aliphatic rings. The fourth-order valence-electron chi connectivity index (χ4n) is 2.83. The van der Waals surface area contributed by atoms with Crippen molar-refractivity contribution in [1.29, 1.82) is 0 Å². The summed E-state index contributed by atoms with van der Waals surface area (Å²) in [5.74, 6) is 1.11. The largest absolute Gasteiger partial charge is 0.488 e. The summed E-state index contributed by atoms with van der Waals surface area (Å²) in [4.78, 5) is 16.8. The predicted octanol–water partition coefficient (Wildman–Crippen LogP) is 2.13. The van der Waals surface area contributed by atoms with Gasteiger partial charge < -0.3 is 4.74 Å². The van der Waals surface area contributed by atoms with E-state index in [1.807, 2.05) is 6.92 Å². The zero-order chi connectivity index (χ0) is 18.3. The van der Waals surface area contributed by atoms with E-state index < -0.39 is 0 Å². The van der Waals surface area contributed by atoms with Crippen LogP contribution >= 0.6 is 0 Å². The maximum atomic E-state index is 12.3. The van der Waals surface area contributed by atoms with Crippen LogP contribution in [0, 0.1) is 6.92 Å². The number of ether oxygens (including phenoxy) is 1. The lowest BCUT2D eigenvalue weighted by molar-refractivity contribution is 0.301. The third-order valence-electron chi connectivity index (χ3n) is 4.37. The summed E-state index contributed by atoms with van der Waals surface area (Å²) in [7, 11) is 1.57. The van der Waals surface area contributed by atoms with Crippen molar-refractivity contribution in [2.45, 2.75) is 32.3 Å². The number of hydrogen-bond acceptors (Lipinski definition) is 5. The standard InChI is InChI=1S/C18H19N5O2/c1-12-5-3-4-6-16(12)25-11-14-15(23-18(24)22(2)20-21-23)9-10-19-17(14)13-7-8-13/h3-6,9-10,13H,7-8,11H2,1-2H3/i3T. The Morgan fingerprint density at radius 3 is 2.84 bits per heavy atom. The van der Waals surface area contributed by atoms with Crippen LogP contribution in [0.15, 0.2) is 41.3 Å². The fourth-order valence-corrected chi connectivity index (χ4v) is 2.83. The molecule has 1 aliphatic carbocycles. The SMILES string of the molecule is [3H]c1ccc(OCc2c(-n3nnn(C)c3=O)ccnc2C2CC2)c(C)c1. The van der Waals surface area contributed by atoms with Crippen molar-refractivity contribution in [2.24, 2.45) is 7.05 Å². The van der Waals surface area contributed by atoms with Gasteiger partial charge in [-0.15, -0.1) is 0 Å². The molecule has 2 heterocycles. The Kier molecular flexibility index (Phi) is 3.54. The van der Waals surface area contributed by atoms with E-state index in [2.05, 4.69) is 15.4 Å². The predicted molar refractivity (Wildman–Crippen MR) is 91.9 cm³/mol. The molecule has 2 aromatic heterocycles. The number of pyridine rings is 1. The molecule has 25 heavy (non-hydrogen) atoms. The van der Waals surface area contributed by atoms with Crippen LogP contribution in [0.25, 0.3) is 5.69 Å². The summed E-state index contributed by atoms with van der Waals surface area (Å²) >= 11 is 0. The molecule has 0 N–H and O–H groups in total. The van der Waals surface area contributed by atoms with Crippen molar-refractivity contribution in [2.75, 3.05) is 0 Å². The molecule has 0 spiro atoms. The Morgan fingerprint density at radius 2 is 2.16 bits per heavy atom. The number of aromatic nitrogens is 5. The van der Waals surface area contributed by atoms with E-state index in [1.165, 1.54) is 9.36 Å². The Labute approximate surface area is 146 Å². The Balaban J connectivity index is 1.73. The van der Waals surface area contributed by atoms with Crippen LogP contribution < -0.4 is 10.4 Å². The smallest absolute Gasteiger partial charge is 0.368 e. The molecule has 0 atom stereocenters. The molecule has 7 heteroatoms. The summed E-state index contributed by atoms with van der Waals surface area (Å²) < 4.78 is 16.2. The van der Waals surface area contributed by atoms with Gasteiger partial charge in [0.05, 0.1) is 12.8 Å². The first-order valence-electron chi connectivity index (χ1n) is 8.72. The Morgan fingerprint density at radius 1 is 1.32 bits per heavy atom. The minimum Gasteiger partial charge on any atom is -0.488 e. The molecule has 0 aliphatic heterocycles. The number of benzene rings is 1. The zero-order valence-electron chi connectivity index (χ0n) is 15.1. The van der Waals surface area contributed by atoms with Gasteiger partial charge in [0.15, 0.2) is 0 Å². The first-order chi connectivity index (χ1) is 12.5. The van der Waals surface area contributed by atoms with Gasteiger partial charge in [0.25, 0.3) is 0 Å². The van der Waals surface area contributed by atoms with Crippen LogP contribution in [0.1, 0.15) is 37.0 Å². The first-order valence-corrected chi connectivity index (χ1v) is 8.22. The molecule has 4 rings (SSSR count). The lowest BCUT2D eigenvalue weighted by Crippen LogP contribution is -2.23. The topological polar surface area (TPSA) is 74.8 Å². The van der Waals surface area contributed by atoms with Gasteiger partial charge in [0.1, 0.15) is 12.4 Å². The van der Waals surface area contributed by atoms with Crippen molar-refractivity contribution in [3.05, 3.63) is 63.8 Å². The highest BCUT2D eigenvalue weighted by molar-refractivity contribution is 5.44.